The number of anilines is 1. The number of hydrogen-bond donors (Lipinski definition) is 1. The molecule has 82 valence electrons. The summed E-state index contributed by atoms with van der Waals surface area (Å²) in [5.41, 5.74) is 2.19. The fraction of sp³-hybridized carbons (Fsp3) is 0.500. The maximum absolute atomic E-state index is 13.0. The maximum Gasteiger partial charge on any atom is 0.123 e. The minimum absolute atomic E-state index is 0.149. The Balaban J connectivity index is 2.19. The third-order valence-corrected chi connectivity index (χ3v) is 2.84. The fourth-order valence-corrected chi connectivity index (χ4v) is 2.06. The smallest absolute Gasteiger partial charge is 0.123 e. The van der Waals surface area contributed by atoms with Gasteiger partial charge in [-0.2, -0.15) is 0 Å². The molecule has 1 saturated heterocycles. The van der Waals surface area contributed by atoms with Crippen molar-refractivity contribution in [2.75, 3.05) is 31.1 Å². The first-order chi connectivity index (χ1) is 7.27. The number of nitrogens with one attached hydrogen (secondary N) is 1. The van der Waals surface area contributed by atoms with Crippen molar-refractivity contribution in [3.63, 3.8) is 0 Å². The lowest BCUT2D eigenvalue weighted by Gasteiger charge is -2.24. The monoisotopic (exact) mass is 208 g/mol. The van der Waals surface area contributed by atoms with Gasteiger partial charge in [0.1, 0.15) is 5.82 Å². The van der Waals surface area contributed by atoms with Gasteiger partial charge in [0.05, 0.1) is 0 Å². The molecule has 1 N–H and O–H groups in total. The third-order valence-electron chi connectivity index (χ3n) is 2.84. The van der Waals surface area contributed by atoms with Crippen LogP contribution >= 0.6 is 0 Å². The summed E-state index contributed by atoms with van der Waals surface area (Å²) in [6.45, 7) is 6.12. The fourth-order valence-electron chi connectivity index (χ4n) is 2.06. The number of rotatable bonds is 1. The number of aryl methyl sites for hydroxylation is 1. The lowest BCUT2D eigenvalue weighted by molar-refractivity contribution is 0.626. The average Bonchev–Trinajstić information content (AvgIpc) is 2.46. The van der Waals surface area contributed by atoms with Crippen molar-refractivity contribution in [1.29, 1.82) is 0 Å². The van der Waals surface area contributed by atoms with Gasteiger partial charge in [0.2, 0.25) is 0 Å². The highest BCUT2D eigenvalue weighted by atomic mass is 19.1. The predicted octanol–water partition coefficient (Wildman–Crippen LogP) is 1.93. The van der Waals surface area contributed by atoms with Gasteiger partial charge in [-0.3, -0.25) is 0 Å². The Morgan fingerprint density at radius 3 is 2.93 bits per heavy atom. The summed E-state index contributed by atoms with van der Waals surface area (Å²) in [6.07, 6.45) is 1.15. The van der Waals surface area contributed by atoms with E-state index < -0.39 is 0 Å². The van der Waals surface area contributed by atoms with E-state index in [2.05, 4.69) is 10.2 Å². The van der Waals surface area contributed by atoms with Crippen molar-refractivity contribution in [3.05, 3.63) is 29.6 Å². The first-order valence-electron chi connectivity index (χ1n) is 5.49. The molecule has 3 heteroatoms. The van der Waals surface area contributed by atoms with Crippen molar-refractivity contribution < 1.29 is 4.39 Å². The van der Waals surface area contributed by atoms with Crippen LogP contribution in [0.15, 0.2) is 18.2 Å². The summed E-state index contributed by atoms with van der Waals surface area (Å²) >= 11 is 0. The van der Waals surface area contributed by atoms with E-state index in [1.807, 2.05) is 13.0 Å². The summed E-state index contributed by atoms with van der Waals surface area (Å²) in [5.74, 6) is -0.149. The van der Waals surface area contributed by atoms with E-state index in [1.54, 1.807) is 12.1 Å². The minimum atomic E-state index is -0.149. The van der Waals surface area contributed by atoms with Gasteiger partial charge in [0.15, 0.2) is 0 Å². The van der Waals surface area contributed by atoms with Gasteiger partial charge in [0, 0.05) is 25.3 Å². The van der Waals surface area contributed by atoms with Gasteiger partial charge in [-0.1, -0.05) is 0 Å². The third kappa shape index (κ3) is 2.48. The summed E-state index contributed by atoms with van der Waals surface area (Å²) < 4.78 is 13.0. The highest BCUT2D eigenvalue weighted by molar-refractivity contribution is 5.53. The van der Waals surface area contributed by atoms with Crippen molar-refractivity contribution in [2.24, 2.45) is 0 Å². The second-order valence-electron chi connectivity index (χ2n) is 4.02. The van der Waals surface area contributed by atoms with E-state index in [1.165, 1.54) is 5.69 Å². The van der Waals surface area contributed by atoms with E-state index in [4.69, 9.17) is 0 Å². The summed E-state index contributed by atoms with van der Waals surface area (Å²) in [4.78, 5) is 2.33. The lowest BCUT2D eigenvalue weighted by atomic mass is 10.1. The van der Waals surface area contributed by atoms with Crippen LogP contribution in [0.5, 0.6) is 0 Å². The van der Waals surface area contributed by atoms with E-state index >= 15 is 0 Å². The molecule has 2 rings (SSSR count). The molecule has 15 heavy (non-hydrogen) atoms. The van der Waals surface area contributed by atoms with Gasteiger partial charge >= 0.3 is 0 Å². The molecule has 0 radical (unpaired) electrons. The molecule has 1 aromatic carbocycles. The van der Waals surface area contributed by atoms with Gasteiger partial charge in [-0.05, 0) is 43.7 Å². The zero-order chi connectivity index (χ0) is 10.7. The molecule has 0 aromatic heterocycles. The van der Waals surface area contributed by atoms with Crippen molar-refractivity contribution in [2.45, 2.75) is 13.3 Å². The molecule has 0 spiro atoms. The molecule has 0 bridgehead atoms. The molecule has 1 aromatic rings. The Labute approximate surface area is 90.1 Å². The van der Waals surface area contributed by atoms with Gasteiger partial charge in [-0.25, -0.2) is 4.39 Å². The van der Waals surface area contributed by atoms with E-state index in [0.717, 1.165) is 38.2 Å². The summed E-state index contributed by atoms with van der Waals surface area (Å²) in [7, 11) is 0. The quantitative estimate of drug-likeness (QED) is 0.758. The molecule has 0 saturated carbocycles. The van der Waals surface area contributed by atoms with Crippen molar-refractivity contribution in [3.8, 4) is 0 Å². The maximum atomic E-state index is 13.0. The number of nitrogens with zero attached hydrogens (tertiary/aromatic N) is 1. The first-order valence-corrected chi connectivity index (χ1v) is 5.49. The normalized spacial score (nSPS) is 17.6. The van der Waals surface area contributed by atoms with E-state index in [0.29, 0.717) is 0 Å². The number of hydrogen-bond acceptors (Lipinski definition) is 2. The van der Waals surface area contributed by atoms with E-state index in [-0.39, 0.29) is 5.82 Å². The van der Waals surface area contributed by atoms with Crippen LogP contribution in [0.1, 0.15) is 12.0 Å². The van der Waals surface area contributed by atoms with Crippen molar-refractivity contribution in [1.82, 2.24) is 5.32 Å². The average molecular weight is 208 g/mol. The van der Waals surface area contributed by atoms with Crippen LogP contribution in [0.2, 0.25) is 0 Å². The molecule has 0 atom stereocenters. The van der Waals surface area contributed by atoms with Crippen LogP contribution in [0.4, 0.5) is 10.1 Å². The second-order valence-corrected chi connectivity index (χ2v) is 4.02. The standard InChI is InChI=1S/C12H17FN2/c1-10-9-11(13)3-4-12(10)15-7-2-5-14-6-8-15/h3-4,9,14H,2,5-8H2,1H3. The number of halogens is 1. The van der Waals surface area contributed by atoms with Gasteiger partial charge in [0.25, 0.3) is 0 Å². The predicted molar refractivity (Wildman–Crippen MR) is 60.8 cm³/mol. The molecule has 2 nitrogen and oxygen atoms in total. The topological polar surface area (TPSA) is 15.3 Å². The molecule has 1 heterocycles. The molecule has 0 aliphatic carbocycles. The molecule has 0 unspecified atom stereocenters. The zero-order valence-corrected chi connectivity index (χ0v) is 9.09. The van der Waals surface area contributed by atoms with Crippen molar-refractivity contribution >= 4 is 5.69 Å². The van der Waals surface area contributed by atoms with Gasteiger partial charge in [-0.15, -0.1) is 0 Å². The zero-order valence-electron chi connectivity index (χ0n) is 9.09. The second kappa shape index (κ2) is 4.62. The SMILES string of the molecule is Cc1cc(F)ccc1N1CCCNCC1. The summed E-state index contributed by atoms with van der Waals surface area (Å²) in [5, 5.41) is 3.36. The minimum Gasteiger partial charge on any atom is -0.370 e. The van der Waals surface area contributed by atoms with Crippen LogP contribution < -0.4 is 10.2 Å². The van der Waals surface area contributed by atoms with Crippen LogP contribution in [-0.4, -0.2) is 26.2 Å². The number of benzene rings is 1. The Bertz CT molecular complexity index is 330. The van der Waals surface area contributed by atoms with E-state index in [9.17, 15) is 4.39 Å². The molecule has 0 amide bonds. The van der Waals surface area contributed by atoms with Crippen LogP contribution in [0, 0.1) is 12.7 Å². The van der Waals surface area contributed by atoms with Crippen LogP contribution in [0.3, 0.4) is 0 Å². The molecular formula is C12H17FN2. The largest absolute Gasteiger partial charge is 0.370 e. The lowest BCUT2D eigenvalue weighted by Crippen LogP contribution is -2.28. The van der Waals surface area contributed by atoms with Crippen LogP contribution in [-0.2, 0) is 0 Å². The Hall–Kier alpha value is -1.09. The first kappa shape index (κ1) is 10.4. The highest BCUT2D eigenvalue weighted by Crippen LogP contribution is 2.21. The molecule has 1 fully saturated rings. The highest BCUT2D eigenvalue weighted by Gasteiger charge is 2.11. The Morgan fingerprint density at radius 1 is 1.27 bits per heavy atom. The van der Waals surface area contributed by atoms with Crippen LogP contribution in [0.25, 0.3) is 0 Å². The molecule has 1 aliphatic rings. The Morgan fingerprint density at radius 2 is 2.13 bits per heavy atom. The Kier molecular flexibility index (Phi) is 3.21. The molecule has 1 aliphatic heterocycles. The van der Waals surface area contributed by atoms with Gasteiger partial charge < -0.3 is 10.2 Å². The summed E-state index contributed by atoms with van der Waals surface area (Å²) in [6, 6.07) is 5.03. The molecular weight excluding hydrogens is 191 g/mol.